The first-order chi connectivity index (χ1) is 9.20. The standard InChI is InChI=1S/C15H22BrNO2/c1-3-17-11(2)14-8-13(16)6-7-15(14)19-10-18-9-12-4-5-12/h6-8,11-12,17H,3-5,9-10H2,1-2H3. The van der Waals surface area contributed by atoms with E-state index in [2.05, 4.69) is 41.2 Å². The second-order valence-electron chi connectivity index (χ2n) is 5.04. The fourth-order valence-electron chi connectivity index (χ4n) is 2.01. The van der Waals surface area contributed by atoms with Crippen LogP contribution < -0.4 is 10.1 Å². The Labute approximate surface area is 123 Å². The number of hydrogen-bond acceptors (Lipinski definition) is 3. The van der Waals surface area contributed by atoms with Crippen molar-refractivity contribution < 1.29 is 9.47 Å². The van der Waals surface area contributed by atoms with Crippen LogP contribution in [0.3, 0.4) is 0 Å². The SMILES string of the molecule is CCNC(C)c1cc(Br)ccc1OCOCC1CC1. The average Bonchev–Trinajstić information content (AvgIpc) is 3.20. The molecule has 0 aliphatic heterocycles. The van der Waals surface area contributed by atoms with Crippen molar-refractivity contribution in [3.8, 4) is 5.75 Å². The maximum atomic E-state index is 5.75. The highest BCUT2D eigenvalue weighted by atomic mass is 79.9. The molecular weight excluding hydrogens is 306 g/mol. The Morgan fingerprint density at radius 3 is 2.89 bits per heavy atom. The van der Waals surface area contributed by atoms with Crippen molar-refractivity contribution >= 4 is 15.9 Å². The van der Waals surface area contributed by atoms with Gasteiger partial charge in [-0.2, -0.15) is 0 Å². The highest BCUT2D eigenvalue weighted by Gasteiger charge is 2.21. The largest absolute Gasteiger partial charge is 0.467 e. The van der Waals surface area contributed by atoms with Gasteiger partial charge in [0.05, 0.1) is 6.61 Å². The Hall–Kier alpha value is -0.580. The minimum absolute atomic E-state index is 0.265. The summed E-state index contributed by atoms with van der Waals surface area (Å²) in [6.07, 6.45) is 2.61. The van der Waals surface area contributed by atoms with Gasteiger partial charge in [0.2, 0.25) is 0 Å². The molecule has 1 aromatic rings. The Morgan fingerprint density at radius 2 is 2.21 bits per heavy atom. The van der Waals surface area contributed by atoms with Gasteiger partial charge in [-0.05, 0) is 50.4 Å². The molecule has 0 spiro atoms. The van der Waals surface area contributed by atoms with Crippen molar-refractivity contribution in [2.75, 3.05) is 19.9 Å². The molecule has 2 rings (SSSR count). The fourth-order valence-corrected chi connectivity index (χ4v) is 2.39. The Kier molecular flexibility index (Phi) is 5.67. The summed E-state index contributed by atoms with van der Waals surface area (Å²) in [6, 6.07) is 6.36. The number of hydrogen-bond donors (Lipinski definition) is 1. The molecule has 1 unspecified atom stereocenters. The van der Waals surface area contributed by atoms with Gasteiger partial charge in [0, 0.05) is 16.1 Å². The maximum Gasteiger partial charge on any atom is 0.189 e. The molecule has 4 heteroatoms. The zero-order chi connectivity index (χ0) is 13.7. The Balaban J connectivity index is 1.92. The van der Waals surface area contributed by atoms with E-state index in [4.69, 9.17) is 9.47 Å². The van der Waals surface area contributed by atoms with E-state index in [0.29, 0.717) is 6.79 Å². The van der Waals surface area contributed by atoms with Crippen molar-refractivity contribution in [3.05, 3.63) is 28.2 Å². The van der Waals surface area contributed by atoms with Gasteiger partial charge in [0.15, 0.2) is 6.79 Å². The van der Waals surface area contributed by atoms with E-state index < -0.39 is 0 Å². The van der Waals surface area contributed by atoms with Crippen molar-refractivity contribution in [2.24, 2.45) is 5.92 Å². The van der Waals surface area contributed by atoms with Crippen molar-refractivity contribution in [1.82, 2.24) is 5.32 Å². The van der Waals surface area contributed by atoms with E-state index in [1.54, 1.807) is 0 Å². The van der Waals surface area contributed by atoms with E-state index in [0.717, 1.165) is 34.9 Å². The monoisotopic (exact) mass is 327 g/mol. The quantitative estimate of drug-likeness (QED) is 0.580. The number of nitrogens with one attached hydrogen (secondary N) is 1. The van der Waals surface area contributed by atoms with Crippen molar-refractivity contribution in [3.63, 3.8) is 0 Å². The molecule has 0 heterocycles. The van der Waals surface area contributed by atoms with Crippen LogP contribution in [-0.2, 0) is 4.74 Å². The highest BCUT2D eigenvalue weighted by molar-refractivity contribution is 9.10. The smallest absolute Gasteiger partial charge is 0.189 e. The molecule has 3 nitrogen and oxygen atoms in total. The number of halogens is 1. The van der Waals surface area contributed by atoms with Crippen LogP contribution in [-0.4, -0.2) is 19.9 Å². The van der Waals surface area contributed by atoms with Crippen LogP contribution in [0, 0.1) is 5.92 Å². The summed E-state index contributed by atoms with van der Waals surface area (Å²) in [4.78, 5) is 0. The van der Waals surface area contributed by atoms with Crippen LogP contribution in [0.4, 0.5) is 0 Å². The van der Waals surface area contributed by atoms with Crippen molar-refractivity contribution in [1.29, 1.82) is 0 Å². The van der Waals surface area contributed by atoms with Gasteiger partial charge < -0.3 is 14.8 Å². The van der Waals surface area contributed by atoms with Gasteiger partial charge in [-0.15, -0.1) is 0 Å². The Morgan fingerprint density at radius 1 is 1.42 bits per heavy atom. The van der Waals surface area contributed by atoms with Gasteiger partial charge in [-0.3, -0.25) is 0 Å². The summed E-state index contributed by atoms with van der Waals surface area (Å²) in [5.74, 6) is 1.67. The van der Waals surface area contributed by atoms with Crippen LogP contribution in [0.1, 0.15) is 38.3 Å². The molecule has 0 bridgehead atoms. The third-order valence-electron chi connectivity index (χ3n) is 3.30. The highest BCUT2D eigenvalue weighted by Crippen LogP contribution is 2.30. The zero-order valence-electron chi connectivity index (χ0n) is 11.6. The van der Waals surface area contributed by atoms with E-state index in [9.17, 15) is 0 Å². The van der Waals surface area contributed by atoms with Crippen LogP contribution in [0.2, 0.25) is 0 Å². The van der Waals surface area contributed by atoms with Gasteiger partial charge >= 0.3 is 0 Å². The van der Waals surface area contributed by atoms with Crippen LogP contribution in [0.15, 0.2) is 22.7 Å². The van der Waals surface area contributed by atoms with E-state index in [1.807, 2.05) is 12.1 Å². The summed E-state index contributed by atoms with van der Waals surface area (Å²) in [7, 11) is 0. The van der Waals surface area contributed by atoms with Gasteiger partial charge in [-0.1, -0.05) is 22.9 Å². The lowest BCUT2D eigenvalue weighted by Gasteiger charge is -2.18. The second-order valence-corrected chi connectivity index (χ2v) is 5.95. The van der Waals surface area contributed by atoms with E-state index >= 15 is 0 Å². The number of ether oxygens (including phenoxy) is 2. The van der Waals surface area contributed by atoms with E-state index in [-0.39, 0.29) is 6.04 Å². The lowest BCUT2D eigenvalue weighted by Crippen LogP contribution is -2.19. The van der Waals surface area contributed by atoms with Gasteiger partial charge in [0.25, 0.3) is 0 Å². The first-order valence-electron chi connectivity index (χ1n) is 6.94. The molecule has 1 fully saturated rings. The molecule has 19 heavy (non-hydrogen) atoms. The topological polar surface area (TPSA) is 30.5 Å². The minimum Gasteiger partial charge on any atom is -0.467 e. The maximum absolute atomic E-state index is 5.75. The average molecular weight is 328 g/mol. The van der Waals surface area contributed by atoms with Crippen molar-refractivity contribution in [2.45, 2.75) is 32.7 Å². The molecule has 1 atom stereocenters. The minimum atomic E-state index is 0.265. The number of benzene rings is 1. The first kappa shape index (κ1) is 14.8. The summed E-state index contributed by atoms with van der Waals surface area (Å²) >= 11 is 3.51. The summed E-state index contributed by atoms with van der Waals surface area (Å²) in [5.41, 5.74) is 1.16. The molecule has 0 radical (unpaired) electrons. The van der Waals surface area contributed by atoms with Gasteiger partial charge in [-0.25, -0.2) is 0 Å². The molecule has 1 aliphatic rings. The zero-order valence-corrected chi connectivity index (χ0v) is 13.2. The normalized spacial score (nSPS) is 16.4. The molecule has 0 aromatic heterocycles. The number of rotatable bonds is 8. The Bertz CT molecular complexity index is 407. The predicted molar refractivity (Wildman–Crippen MR) is 80.4 cm³/mol. The molecule has 1 N–H and O–H groups in total. The molecule has 1 saturated carbocycles. The lowest BCUT2D eigenvalue weighted by molar-refractivity contribution is 0.00924. The van der Waals surface area contributed by atoms with Crippen LogP contribution in [0.25, 0.3) is 0 Å². The molecule has 1 aromatic carbocycles. The van der Waals surface area contributed by atoms with Crippen LogP contribution >= 0.6 is 15.9 Å². The molecular formula is C15H22BrNO2. The molecule has 0 saturated heterocycles. The summed E-state index contributed by atoms with van der Waals surface area (Å²) in [5, 5.41) is 3.41. The summed E-state index contributed by atoms with van der Waals surface area (Å²) in [6.45, 7) is 6.35. The van der Waals surface area contributed by atoms with Crippen LogP contribution in [0.5, 0.6) is 5.75 Å². The molecule has 106 valence electrons. The molecule has 0 amide bonds. The fraction of sp³-hybridized carbons (Fsp3) is 0.600. The second kappa shape index (κ2) is 7.27. The first-order valence-corrected chi connectivity index (χ1v) is 7.73. The van der Waals surface area contributed by atoms with E-state index in [1.165, 1.54) is 12.8 Å². The lowest BCUT2D eigenvalue weighted by atomic mass is 10.1. The third-order valence-corrected chi connectivity index (χ3v) is 3.79. The van der Waals surface area contributed by atoms with Gasteiger partial charge in [0.1, 0.15) is 5.75 Å². The molecule has 1 aliphatic carbocycles. The third kappa shape index (κ3) is 4.79. The summed E-state index contributed by atoms with van der Waals surface area (Å²) < 4.78 is 12.4. The predicted octanol–water partition coefficient (Wildman–Crippen LogP) is 3.88.